The summed E-state index contributed by atoms with van der Waals surface area (Å²) in [5.41, 5.74) is 5.63. The number of hydrogen-bond donors (Lipinski definition) is 2. The standard InChI is InChI=1S/C9H15NO2/c1-2-5-8(10)6-3-4-7-9(11)12/h2-4,8H,1,5-7,10H2,(H,11,12)/b4-3+. The summed E-state index contributed by atoms with van der Waals surface area (Å²) in [6, 6.07) is 0.0625. The first-order valence-corrected chi connectivity index (χ1v) is 3.90. The van der Waals surface area contributed by atoms with E-state index >= 15 is 0 Å². The highest BCUT2D eigenvalue weighted by Crippen LogP contribution is 1.97. The predicted molar refractivity (Wildman–Crippen MR) is 48.8 cm³/mol. The molecule has 0 aliphatic heterocycles. The fraction of sp³-hybridized carbons (Fsp3) is 0.444. The third-order valence-corrected chi connectivity index (χ3v) is 1.37. The fourth-order valence-electron chi connectivity index (χ4n) is 0.765. The Balaban J connectivity index is 3.45. The summed E-state index contributed by atoms with van der Waals surface area (Å²) in [5, 5.41) is 8.28. The van der Waals surface area contributed by atoms with Crippen LogP contribution < -0.4 is 5.73 Å². The SMILES string of the molecule is C=CCC(N)C/C=C/CC(=O)O. The minimum atomic E-state index is -0.816. The largest absolute Gasteiger partial charge is 0.481 e. The molecule has 12 heavy (non-hydrogen) atoms. The summed E-state index contributed by atoms with van der Waals surface area (Å²) < 4.78 is 0. The van der Waals surface area contributed by atoms with E-state index in [1.165, 1.54) is 0 Å². The molecule has 0 aromatic carbocycles. The van der Waals surface area contributed by atoms with Gasteiger partial charge < -0.3 is 10.8 Å². The van der Waals surface area contributed by atoms with Gasteiger partial charge in [0.15, 0.2) is 0 Å². The average molecular weight is 169 g/mol. The van der Waals surface area contributed by atoms with Crippen LogP contribution in [0.4, 0.5) is 0 Å². The van der Waals surface area contributed by atoms with Crippen molar-refractivity contribution in [2.75, 3.05) is 0 Å². The maximum absolute atomic E-state index is 10.1. The topological polar surface area (TPSA) is 63.3 Å². The predicted octanol–water partition coefficient (Wildman–Crippen LogP) is 1.31. The van der Waals surface area contributed by atoms with E-state index in [0.717, 1.165) is 6.42 Å². The first-order valence-electron chi connectivity index (χ1n) is 3.90. The van der Waals surface area contributed by atoms with Crippen LogP contribution in [0.2, 0.25) is 0 Å². The fourth-order valence-corrected chi connectivity index (χ4v) is 0.765. The van der Waals surface area contributed by atoms with Crippen molar-refractivity contribution < 1.29 is 9.90 Å². The molecule has 0 aromatic rings. The summed E-state index contributed by atoms with van der Waals surface area (Å²) in [6.07, 6.45) is 6.71. The zero-order valence-electron chi connectivity index (χ0n) is 7.07. The van der Waals surface area contributed by atoms with Crippen molar-refractivity contribution in [2.24, 2.45) is 5.73 Å². The van der Waals surface area contributed by atoms with Crippen molar-refractivity contribution in [1.82, 2.24) is 0 Å². The molecule has 1 unspecified atom stereocenters. The Morgan fingerprint density at radius 1 is 1.50 bits per heavy atom. The summed E-state index contributed by atoms with van der Waals surface area (Å²) >= 11 is 0. The summed E-state index contributed by atoms with van der Waals surface area (Å²) in [5.74, 6) is -0.816. The molecule has 0 fully saturated rings. The van der Waals surface area contributed by atoms with Crippen molar-refractivity contribution in [3.05, 3.63) is 24.8 Å². The van der Waals surface area contributed by atoms with Crippen LogP contribution in [0.1, 0.15) is 19.3 Å². The van der Waals surface area contributed by atoms with Crippen molar-refractivity contribution in [3.63, 3.8) is 0 Å². The van der Waals surface area contributed by atoms with Gasteiger partial charge in [-0.1, -0.05) is 18.2 Å². The minimum absolute atomic E-state index is 0.0625. The Kier molecular flexibility index (Phi) is 6.01. The number of carboxylic acids is 1. The lowest BCUT2D eigenvalue weighted by atomic mass is 10.1. The molecule has 0 saturated carbocycles. The molecule has 0 heterocycles. The molecule has 0 amide bonds. The molecule has 3 heteroatoms. The number of hydrogen-bond acceptors (Lipinski definition) is 2. The average Bonchev–Trinajstić information content (AvgIpc) is 1.98. The van der Waals surface area contributed by atoms with E-state index in [-0.39, 0.29) is 12.5 Å². The van der Waals surface area contributed by atoms with Gasteiger partial charge in [-0.05, 0) is 12.8 Å². The monoisotopic (exact) mass is 169 g/mol. The van der Waals surface area contributed by atoms with Gasteiger partial charge in [0.2, 0.25) is 0 Å². The van der Waals surface area contributed by atoms with E-state index in [1.807, 2.05) is 0 Å². The quantitative estimate of drug-likeness (QED) is 0.589. The number of carboxylic acid groups (broad SMARTS) is 1. The third-order valence-electron chi connectivity index (χ3n) is 1.37. The highest BCUT2D eigenvalue weighted by Gasteiger charge is 1.95. The van der Waals surface area contributed by atoms with Gasteiger partial charge in [0.05, 0.1) is 6.42 Å². The maximum atomic E-state index is 10.1. The maximum Gasteiger partial charge on any atom is 0.307 e. The molecular formula is C9H15NO2. The number of nitrogens with two attached hydrogens (primary N) is 1. The van der Waals surface area contributed by atoms with Crippen LogP contribution in [0, 0.1) is 0 Å². The highest BCUT2D eigenvalue weighted by atomic mass is 16.4. The number of aliphatic carboxylic acids is 1. The van der Waals surface area contributed by atoms with Gasteiger partial charge in [-0.2, -0.15) is 0 Å². The second kappa shape index (κ2) is 6.61. The van der Waals surface area contributed by atoms with Crippen LogP contribution in [0.5, 0.6) is 0 Å². The lowest BCUT2D eigenvalue weighted by Gasteiger charge is -2.03. The van der Waals surface area contributed by atoms with Gasteiger partial charge in [0.25, 0.3) is 0 Å². The van der Waals surface area contributed by atoms with Gasteiger partial charge in [0, 0.05) is 6.04 Å². The normalized spacial score (nSPS) is 13.1. The van der Waals surface area contributed by atoms with Gasteiger partial charge in [-0.3, -0.25) is 4.79 Å². The summed E-state index contributed by atoms with van der Waals surface area (Å²) in [7, 11) is 0. The zero-order chi connectivity index (χ0) is 9.40. The Morgan fingerprint density at radius 3 is 2.67 bits per heavy atom. The molecule has 0 aliphatic carbocycles. The molecule has 0 aromatic heterocycles. The van der Waals surface area contributed by atoms with Gasteiger partial charge in [-0.15, -0.1) is 6.58 Å². The van der Waals surface area contributed by atoms with Crippen LogP contribution in [-0.2, 0) is 4.79 Å². The second-order valence-electron chi connectivity index (χ2n) is 2.59. The summed E-state index contributed by atoms with van der Waals surface area (Å²) in [6.45, 7) is 3.56. The molecule has 0 radical (unpaired) electrons. The Hall–Kier alpha value is -1.09. The Morgan fingerprint density at radius 2 is 2.17 bits per heavy atom. The highest BCUT2D eigenvalue weighted by molar-refractivity contribution is 5.68. The van der Waals surface area contributed by atoms with Crippen LogP contribution in [-0.4, -0.2) is 17.1 Å². The van der Waals surface area contributed by atoms with Gasteiger partial charge in [-0.25, -0.2) is 0 Å². The molecule has 1 atom stereocenters. The molecule has 3 nitrogen and oxygen atoms in total. The van der Waals surface area contributed by atoms with E-state index in [9.17, 15) is 4.79 Å². The molecule has 0 saturated heterocycles. The van der Waals surface area contributed by atoms with Gasteiger partial charge in [0.1, 0.15) is 0 Å². The van der Waals surface area contributed by atoms with Crippen LogP contribution in [0.3, 0.4) is 0 Å². The summed E-state index contributed by atoms with van der Waals surface area (Å²) in [4.78, 5) is 10.1. The Labute approximate surface area is 72.6 Å². The van der Waals surface area contributed by atoms with Crippen LogP contribution in [0.15, 0.2) is 24.8 Å². The van der Waals surface area contributed by atoms with Crippen molar-refractivity contribution in [1.29, 1.82) is 0 Å². The first-order chi connectivity index (χ1) is 5.66. The number of carbonyl (C=O) groups is 1. The van der Waals surface area contributed by atoms with Crippen molar-refractivity contribution in [2.45, 2.75) is 25.3 Å². The Bertz CT molecular complexity index is 175. The van der Waals surface area contributed by atoms with Gasteiger partial charge >= 0.3 is 5.97 Å². The van der Waals surface area contributed by atoms with Crippen LogP contribution in [0.25, 0.3) is 0 Å². The number of rotatable bonds is 6. The van der Waals surface area contributed by atoms with Crippen molar-refractivity contribution in [3.8, 4) is 0 Å². The lowest BCUT2D eigenvalue weighted by Crippen LogP contribution is -2.17. The molecule has 0 bridgehead atoms. The molecule has 0 aliphatic rings. The smallest absolute Gasteiger partial charge is 0.307 e. The molecule has 0 rings (SSSR count). The minimum Gasteiger partial charge on any atom is -0.481 e. The zero-order valence-corrected chi connectivity index (χ0v) is 7.07. The van der Waals surface area contributed by atoms with Crippen LogP contribution >= 0.6 is 0 Å². The molecule has 0 spiro atoms. The molecule has 3 N–H and O–H groups in total. The van der Waals surface area contributed by atoms with E-state index in [2.05, 4.69) is 6.58 Å². The van der Waals surface area contributed by atoms with E-state index in [4.69, 9.17) is 10.8 Å². The lowest BCUT2D eigenvalue weighted by molar-refractivity contribution is -0.136. The molecule has 68 valence electrons. The van der Waals surface area contributed by atoms with E-state index in [0.29, 0.717) is 6.42 Å². The van der Waals surface area contributed by atoms with Crippen molar-refractivity contribution >= 4 is 5.97 Å². The third kappa shape index (κ3) is 7.02. The second-order valence-corrected chi connectivity index (χ2v) is 2.59. The molecular weight excluding hydrogens is 154 g/mol. The van der Waals surface area contributed by atoms with E-state index in [1.54, 1.807) is 18.2 Å². The first kappa shape index (κ1) is 10.9. The van der Waals surface area contributed by atoms with E-state index < -0.39 is 5.97 Å².